The normalized spacial score (nSPS) is 16.6. The Bertz CT molecular complexity index is 227. The average molecular weight is 245 g/mol. The molecule has 0 aliphatic carbocycles. The predicted molar refractivity (Wildman–Crippen MR) is 68.7 cm³/mol. The molecule has 0 spiro atoms. The molecule has 0 aromatic carbocycles. The molecule has 2 atom stereocenters. The Labute approximate surface area is 105 Å². The first-order valence-electron chi connectivity index (χ1n) is 6.39. The zero-order valence-electron chi connectivity index (χ0n) is 11.8. The molecule has 17 heavy (non-hydrogen) atoms. The molecule has 2 N–H and O–H groups in total. The van der Waals surface area contributed by atoms with E-state index in [0.717, 1.165) is 6.42 Å². The van der Waals surface area contributed by atoms with Crippen LogP contribution in [-0.4, -0.2) is 30.8 Å². The highest BCUT2D eigenvalue weighted by atomic mass is 16.5. The Morgan fingerprint density at radius 3 is 2.41 bits per heavy atom. The minimum absolute atomic E-state index is 0.238. The van der Waals surface area contributed by atoms with Crippen LogP contribution < -0.4 is 5.73 Å². The molecule has 2 unspecified atom stereocenters. The summed E-state index contributed by atoms with van der Waals surface area (Å²) in [6.45, 7) is 10.8. The fourth-order valence-electron chi connectivity index (χ4n) is 1.30. The SMILES string of the molecule is CCOC(=O)C(C)(N)CCCOC(C)C(C)C. The average Bonchev–Trinajstić information content (AvgIpc) is 2.24. The second-order valence-electron chi connectivity index (χ2n) is 5.06. The zero-order valence-corrected chi connectivity index (χ0v) is 11.8. The molecule has 0 aromatic heterocycles. The van der Waals surface area contributed by atoms with E-state index in [1.165, 1.54) is 0 Å². The van der Waals surface area contributed by atoms with E-state index in [2.05, 4.69) is 20.8 Å². The summed E-state index contributed by atoms with van der Waals surface area (Å²) < 4.78 is 10.5. The van der Waals surface area contributed by atoms with Crippen molar-refractivity contribution in [2.45, 2.75) is 59.1 Å². The lowest BCUT2D eigenvalue weighted by Crippen LogP contribution is -2.46. The van der Waals surface area contributed by atoms with Crippen LogP contribution in [-0.2, 0) is 14.3 Å². The van der Waals surface area contributed by atoms with Crippen LogP contribution in [0.15, 0.2) is 0 Å². The van der Waals surface area contributed by atoms with Crippen LogP contribution in [0, 0.1) is 5.92 Å². The van der Waals surface area contributed by atoms with E-state index in [9.17, 15) is 4.79 Å². The maximum absolute atomic E-state index is 11.5. The first kappa shape index (κ1) is 16.4. The van der Waals surface area contributed by atoms with E-state index in [-0.39, 0.29) is 12.1 Å². The number of carbonyl (C=O) groups is 1. The summed E-state index contributed by atoms with van der Waals surface area (Å²) in [6, 6.07) is 0. The van der Waals surface area contributed by atoms with E-state index in [1.54, 1.807) is 13.8 Å². The predicted octanol–water partition coefficient (Wildman–Crippen LogP) is 2.11. The third-order valence-corrected chi connectivity index (χ3v) is 2.90. The highest BCUT2D eigenvalue weighted by molar-refractivity contribution is 5.79. The summed E-state index contributed by atoms with van der Waals surface area (Å²) in [5.41, 5.74) is 4.99. The van der Waals surface area contributed by atoms with Crippen LogP contribution in [0.5, 0.6) is 0 Å². The second-order valence-corrected chi connectivity index (χ2v) is 5.06. The molecule has 0 amide bonds. The number of rotatable bonds is 8. The van der Waals surface area contributed by atoms with E-state index < -0.39 is 5.54 Å². The highest BCUT2D eigenvalue weighted by Gasteiger charge is 2.29. The van der Waals surface area contributed by atoms with Crippen molar-refractivity contribution in [3.05, 3.63) is 0 Å². The van der Waals surface area contributed by atoms with Crippen LogP contribution in [0.25, 0.3) is 0 Å². The fourth-order valence-corrected chi connectivity index (χ4v) is 1.30. The quantitative estimate of drug-likeness (QED) is 0.525. The Morgan fingerprint density at radius 1 is 1.35 bits per heavy atom. The van der Waals surface area contributed by atoms with Gasteiger partial charge in [0.15, 0.2) is 0 Å². The second kappa shape index (κ2) is 7.67. The van der Waals surface area contributed by atoms with Crippen molar-refractivity contribution in [1.29, 1.82) is 0 Å². The van der Waals surface area contributed by atoms with Gasteiger partial charge in [-0.1, -0.05) is 13.8 Å². The van der Waals surface area contributed by atoms with Crippen LogP contribution in [0.2, 0.25) is 0 Å². The highest BCUT2D eigenvalue weighted by Crippen LogP contribution is 2.13. The number of ether oxygens (including phenoxy) is 2. The molecule has 0 aliphatic rings. The molecular formula is C13H27NO3. The van der Waals surface area contributed by atoms with Gasteiger partial charge in [-0.2, -0.15) is 0 Å². The monoisotopic (exact) mass is 245 g/mol. The molecular weight excluding hydrogens is 218 g/mol. The summed E-state index contributed by atoms with van der Waals surface area (Å²) in [5.74, 6) is 0.168. The summed E-state index contributed by atoms with van der Waals surface area (Å²) in [7, 11) is 0. The summed E-state index contributed by atoms with van der Waals surface area (Å²) in [5, 5.41) is 0. The molecule has 0 heterocycles. The van der Waals surface area contributed by atoms with Crippen LogP contribution in [0.3, 0.4) is 0 Å². The van der Waals surface area contributed by atoms with E-state index in [4.69, 9.17) is 15.2 Å². The van der Waals surface area contributed by atoms with Crippen molar-refractivity contribution in [2.24, 2.45) is 11.7 Å². The molecule has 0 saturated carbocycles. The summed E-state index contributed by atoms with van der Waals surface area (Å²) in [4.78, 5) is 11.5. The standard InChI is InChI=1S/C13H27NO3/c1-6-16-12(15)13(5,14)8-7-9-17-11(4)10(2)3/h10-11H,6-9,14H2,1-5H3. The number of carbonyl (C=O) groups excluding carboxylic acids is 1. The Hall–Kier alpha value is -0.610. The fraction of sp³-hybridized carbons (Fsp3) is 0.923. The van der Waals surface area contributed by atoms with Gasteiger partial charge >= 0.3 is 5.97 Å². The van der Waals surface area contributed by atoms with Gasteiger partial charge < -0.3 is 15.2 Å². The Balaban J connectivity index is 3.83. The lowest BCUT2D eigenvalue weighted by Gasteiger charge is -2.23. The molecule has 4 heteroatoms. The zero-order chi connectivity index (χ0) is 13.5. The van der Waals surface area contributed by atoms with Gasteiger partial charge in [0.25, 0.3) is 0 Å². The van der Waals surface area contributed by atoms with E-state index >= 15 is 0 Å². The van der Waals surface area contributed by atoms with Crippen LogP contribution >= 0.6 is 0 Å². The summed E-state index contributed by atoms with van der Waals surface area (Å²) >= 11 is 0. The number of hydrogen-bond donors (Lipinski definition) is 1. The van der Waals surface area contributed by atoms with Gasteiger partial charge in [-0.05, 0) is 39.5 Å². The van der Waals surface area contributed by atoms with E-state index in [1.807, 2.05) is 0 Å². The molecule has 0 aromatic rings. The lowest BCUT2D eigenvalue weighted by molar-refractivity contribution is -0.149. The minimum atomic E-state index is -0.902. The maximum atomic E-state index is 11.5. The smallest absolute Gasteiger partial charge is 0.325 e. The van der Waals surface area contributed by atoms with E-state index in [0.29, 0.717) is 25.6 Å². The third kappa shape index (κ3) is 6.64. The van der Waals surface area contributed by atoms with Crippen molar-refractivity contribution < 1.29 is 14.3 Å². The molecule has 0 bridgehead atoms. The first-order chi connectivity index (χ1) is 7.81. The molecule has 0 rings (SSSR count). The molecule has 0 saturated heterocycles. The van der Waals surface area contributed by atoms with Gasteiger partial charge in [0.05, 0.1) is 12.7 Å². The first-order valence-corrected chi connectivity index (χ1v) is 6.39. The topological polar surface area (TPSA) is 61.5 Å². The van der Waals surface area contributed by atoms with Gasteiger partial charge in [0.2, 0.25) is 0 Å². The van der Waals surface area contributed by atoms with Gasteiger partial charge in [-0.25, -0.2) is 0 Å². The van der Waals surface area contributed by atoms with Gasteiger partial charge in [0, 0.05) is 6.61 Å². The molecule has 0 aliphatic heterocycles. The van der Waals surface area contributed by atoms with Gasteiger partial charge in [0.1, 0.15) is 5.54 Å². The molecule has 102 valence electrons. The minimum Gasteiger partial charge on any atom is -0.465 e. The molecule has 0 radical (unpaired) electrons. The summed E-state index contributed by atoms with van der Waals surface area (Å²) in [6.07, 6.45) is 1.58. The molecule has 0 fully saturated rings. The van der Waals surface area contributed by atoms with Crippen LogP contribution in [0.4, 0.5) is 0 Å². The van der Waals surface area contributed by atoms with Crippen molar-refractivity contribution in [1.82, 2.24) is 0 Å². The van der Waals surface area contributed by atoms with Crippen molar-refractivity contribution >= 4 is 5.97 Å². The largest absolute Gasteiger partial charge is 0.465 e. The van der Waals surface area contributed by atoms with Gasteiger partial charge in [-0.15, -0.1) is 0 Å². The Kier molecular flexibility index (Phi) is 7.39. The third-order valence-electron chi connectivity index (χ3n) is 2.90. The molecule has 4 nitrogen and oxygen atoms in total. The van der Waals surface area contributed by atoms with Gasteiger partial charge in [-0.3, -0.25) is 4.79 Å². The number of nitrogens with two attached hydrogens (primary N) is 1. The maximum Gasteiger partial charge on any atom is 0.325 e. The number of hydrogen-bond acceptors (Lipinski definition) is 4. The van der Waals surface area contributed by atoms with Crippen molar-refractivity contribution in [3.8, 4) is 0 Å². The Morgan fingerprint density at radius 2 is 1.94 bits per heavy atom. The number of esters is 1. The van der Waals surface area contributed by atoms with Crippen molar-refractivity contribution in [3.63, 3.8) is 0 Å². The van der Waals surface area contributed by atoms with Crippen molar-refractivity contribution in [2.75, 3.05) is 13.2 Å². The van der Waals surface area contributed by atoms with Crippen LogP contribution in [0.1, 0.15) is 47.5 Å². The lowest BCUT2D eigenvalue weighted by atomic mass is 9.97.